The van der Waals surface area contributed by atoms with Gasteiger partial charge in [-0.25, -0.2) is 19.6 Å². The number of halogens is 1. The summed E-state index contributed by atoms with van der Waals surface area (Å²) in [4.78, 5) is 45.9. The first-order chi connectivity index (χ1) is 15.3. The maximum Gasteiger partial charge on any atom is 0.350 e. The number of aryl methyl sites for hydroxylation is 1. The van der Waals surface area contributed by atoms with E-state index in [1.807, 2.05) is 18.4 Å². The van der Waals surface area contributed by atoms with E-state index in [1.165, 1.54) is 29.8 Å². The highest BCUT2D eigenvalue weighted by Crippen LogP contribution is 2.25. The number of nitrogens with one attached hydrogen (secondary N) is 2. The average molecular weight is 510 g/mol. The van der Waals surface area contributed by atoms with E-state index >= 15 is 0 Å². The van der Waals surface area contributed by atoms with Crippen molar-refractivity contribution in [1.29, 1.82) is 0 Å². The molecular formula is C19H16ClN5O4S3. The van der Waals surface area contributed by atoms with E-state index in [2.05, 4.69) is 24.7 Å². The molecule has 13 heteroatoms. The molecule has 32 heavy (non-hydrogen) atoms. The summed E-state index contributed by atoms with van der Waals surface area (Å²) < 4.78 is 6.00. The summed E-state index contributed by atoms with van der Waals surface area (Å²) in [5, 5.41) is 6.03. The predicted octanol–water partition coefficient (Wildman–Crippen LogP) is 4.05. The van der Waals surface area contributed by atoms with E-state index in [0.29, 0.717) is 25.9 Å². The number of fused-ring (bicyclic) bond motifs is 2. The molecular weight excluding hydrogens is 494 g/mol. The second-order valence-corrected chi connectivity index (χ2v) is 9.07. The first kappa shape index (κ1) is 23.6. The van der Waals surface area contributed by atoms with Crippen LogP contribution in [0.15, 0.2) is 43.9 Å². The molecule has 0 saturated heterocycles. The summed E-state index contributed by atoms with van der Waals surface area (Å²) in [6.45, 7) is 1.84. The molecule has 0 aromatic carbocycles. The fourth-order valence-electron chi connectivity index (χ4n) is 2.41. The first-order valence-electron chi connectivity index (χ1n) is 8.78. The van der Waals surface area contributed by atoms with Gasteiger partial charge in [-0.1, -0.05) is 11.6 Å². The number of anilines is 1. The second kappa shape index (κ2) is 10.5. The SMILES string of the molecule is COC(=O)c1sccc1N.Cc1nc(Cl)c2sccc2n1.O=c1[nH]c(=O)c2sccc2[nH]1. The summed E-state index contributed by atoms with van der Waals surface area (Å²) in [6.07, 6.45) is 0. The van der Waals surface area contributed by atoms with Crippen LogP contribution in [0.25, 0.3) is 20.4 Å². The molecule has 0 atom stereocenters. The van der Waals surface area contributed by atoms with E-state index in [4.69, 9.17) is 17.3 Å². The lowest BCUT2D eigenvalue weighted by molar-refractivity contribution is 0.0607. The second-order valence-electron chi connectivity index (χ2n) is 5.96. The molecule has 0 aliphatic rings. The summed E-state index contributed by atoms with van der Waals surface area (Å²) in [7, 11) is 1.33. The molecule has 0 spiro atoms. The Kier molecular flexibility index (Phi) is 7.75. The minimum absolute atomic E-state index is 0.321. The van der Waals surface area contributed by atoms with Gasteiger partial charge in [-0.3, -0.25) is 9.78 Å². The van der Waals surface area contributed by atoms with Crippen LogP contribution in [0.5, 0.6) is 0 Å². The van der Waals surface area contributed by atoms with Crippen LogP contribution in [0.4, 0.5) is 5.69 Å². The Bertz CT molecular complexity index is 1480. The fourth-order valence-corrected chi connectivity index (χ4v) is 4.95. The third-order valence-corrected chi connectivity index (χ3v) is 6.91. The maximum absolute atomic E-state index is 11.0. The largest absolute Gasteiger partial charge is 0.465 e. The summed E-state index contributed by atoms with van der Waals surface area (Å²) in [5.41, 5.74) is 6.67. The predicted molar refractivity (Wildman–Crippen MR) is 130 cm³/mol. The van der Waals surface area contributed by atoms with Gasteiger partial charge in [0, 0.05) is 0 Å². The Labute approximate surface area is 197 Å². The quantitative estimate of drug-likeness (QED) is 0.228. The smallest absolute Gasteiger partial charge is 0.350 e. The molecule has 4 N–H and O–H groups in total. The third-order valence-electron chi connectivity index (χ3n) is 3.79. The maximum atomic E-state index is 11.0. The van der Waals surface area contributed by atoms with Crippen molar-refractivity contribution in [1.82, 2.24) is 19.9 Å². The number of nitrogens with two attached hydrogens (primary N) is 1. The van der Waals surface area contributed by atoms with Crippen molar-refractivity contribution < 1.29 is 9.53 Å². The molecule has 0 unspecified atom stereocenters. The van der Waals surface area contributed by atoms with Gasteiger partial charge >= 0.3 is 11.7 Å². The number of nitrogen functional groups attached to an aromatic ring is 1. The molecule has 0 aliphatic heterocycles. The van der Waals surface area contributed by atoms with Crippen LogP contribution in [-0.4, -0.2) is 33.0 Å². The number of esters is 1. The van der Waals surface area contributed by atoms with Gasteiger partial charge in [0.05, 0.1) is 28.5 Å². The zero-order chi connectivity index (χ0) is 23.3. The molecule has 166 valence electrons. The third kappa shape index (κ3) is 5.59. The Morgan fingerprint density at radius 3 is 2.41 bits per heavy atom. The van der Waals surface area contributed by atoms with Crippen molar-refractivity contribution in [3.8, 4) is 0 Å². The molecule has 5 rings (SSSR count). The van der Waals surface area contributed by atoms with E-state index in [9.17, 15) is 14.4 Å². The number of carbonyl (C=O) groups is 1. The Morgan fingerprint density at radius 1 is 1.03 bits per heavy atom. The van der Waals surface area contributed by atoms with E-state index < -0.39 is 5.69 Å². The van der Waals surface area contributed by atoms with E-state index in [1.54, 1.807) is 34.2 Å². The molecule has 9 nitrogen and oxygen atoms in total. The van der Waals surface area contributed by atoms with Gasteiger partial charge in [-0.2, -0.15) is 0 Å². The van der Waals surface area contributed by atoms with Crippen molar-refractivity contribution in [2.75, 3.05) is 12.8 Å². The van der Waals surface area contributed by atoms with Gasteiger partial charge in [0.1, 0.15) is 15.4 Å². The van der Waals surface area contributed by atoms with E-state index in [0.717, 1.165) is 16.0 Å². The standard InChI is InChI=1S/C7H5ClN2S.C6H4N2O2S.C6H7NO2S/c1-4-9-5-2-3-11-6(5)7(8)10-4;9-5-4-3(1-2-11-4)7-6(10)8-5;1-9-6(8)5-4(7)2-3-10-5/h2-3H,1H3;1-2H,(H2,7,8,9,10);2-3H,7H2,1H3. The molecule has 5 heterocycles. The number of rotatable bonds is 1. The van der Waals surface area contributed by atoms with Crippen molar-refractivity contribution in [3.63, 3.8) is 0 Å². The van der Waals surface area contributed by atoms with Crippen LogP contribution in [0.3, 0.4) is 0 Å². The monoisotopic (exact) mass is 509 g/mol. The highest BCUT2D eigenvalue weighted by atomic mass is 35.5. The summed E-state index contributed by atoms with van der Waals surface area (Å²) >= 11 is 10.0. The zero-order valence-corrected chi connectivity index (χ0v) is 19.9. The zero-order valence-electron chi connectivity index (χ0n) is 16.7. The lowest BCUT2D eigenvalue weighted by Crippen LogP contribution is -2.20. The van der Waals surface area contributed by atoms with Crippen LogP contribution in [0.2, 0.25) is 5.15 Å². The Hall–Kier alpha value is -3.06. The van der Waals surface area contributed by atoms with Crippen LogP contribution in [0, 0.1) is 6.92 Å². The van der Waals surface area contributed by atoms with Crippen molar-refractivity contribution >= 4 is 77.7 Å². The highest BCUT2D eigenvalue weighted by Gasteiger charge is 2.09. The normalized spacial score (nSPS) is 10.2. The molecule has 0 amide bonds. The Balaban J connectivity index is 0.000000136. The average Bonchev–Trinajstić information content (AvgIpc) is 3.49. The minimum atomic E-state index is -0.457. The number of hydrogen-bond donors (Lipinski definition) is 3. The van der Waals surface area contributed by atoms with Crippen molar-refractivity contribution in [2.24, 2.45) is 0 Å². The van der Waals surface area contributed by atoms with Crippen LogP contribution < -0.4 is 17.0 Å². The number of aromatic amines is 2. The van der Waals surface area contributed by atoms with Crippen LogP contribution in [-0.2, 0) is 4.74 Å². The number of nitrogens with zero attached hydrogens (tertiary/aromatic N) is 2. The molecule has 5 aromatic heterocycles. The van der Waals surface area contributed by atoms with Crippen molar-refractivity contribution in [3.05, 3.63) is 71.0 Å². The lowest BCUT2D eigenvalue weighted by atomic mass is 10.4. The Morgan fingerprint density at radius 2 is 1.72 bits per heavy atom. The number of hydrogen-bond acceptors (Lipinski definition) is 10. The molecule has 0 aliphatic carbocycles. The molecule has 5 aromatic rings. The first-order valence-corrected chi connectivity index (χ1v) is 11.8. The molecule has 0 saturated carbocycles. The van der Waals surface area contributed by atoms with Gasteiger partial charge < -0.3 is 15.5 Å². The van der Waals surface area contributed by atoms with Gasteiger partial charge in [0.2, 0.25) is 0 Å². The number of methoxy groups -OCH3 is 1. The van der Waals surface area contributed by atoms with Gasteiger partial charge in [0.15, 0.2) is 5.15 Å². The molecule has 0 radical (unpaired) electrons. The molecule has 0 bridgehead atoms. The summed E-state index contributed by atoms with van der Waals surface area (Å²) in [5.74, 6) is 0.355. The topological polar surface area (TPSA) is 144 Å². The van der Waals surface area contributed by atoms with Crippen LogP contribution >= 0.6 is 45.6 Å². The van der Waals surface area contributed by atoms with Crippen molar-refractivity contribution in [2.45, 2.75) is 6.92 Å². The van der Waals surface area contributed by atoms with Gasteiger partial charge in [0.25, 0.3) is 5.56 Å². The minimum Gasteiger partial charge on any atom is -0.465 e. The number of ether oxygens (including phenoxy) is 1. The van der Waals surface area contributed by atoms with E-state index in [-0.39, 0.29) is 11.5 Å². The highest BCUT2D eigenvalue weighted by molar-refractivity contribution is 7.17. The fraction of sp³-hybridized carbons (Fsp3) is 0.105. The van der Waals surface area contributed by atoms with Gasteiger partial charge in [-0.05, 0) is 41.3 Å². The van der Waals surface area contributed by atoms with Crippen LogP contribution in [0.1, 0.15) is 15.5 Å². The number of thiophene rings is 3. The summed E-state index contributed by atoms with van der Waals surface area (Å²) in [6, 6.07) is 5.33. The van der Waals surface area contributed by atoms with Gasteiger partial charge in [-0.15, -0.1) is 34.0 Å². The number of carbonyl (C=O) groups excluding carboxylic acids is 1. The lowest BCUT2D eigenvalue weighted by Gasteiger charge is -1.94. The number of aromatic nitrogens is 4. The number of H-pyrrole nitrogens is 2. The molecule has 0 fully saturated rings.